The summed E-state index contributed by atoms with van der Waals surface area (Å²) in [6, 6.07) is 9.80. The van der Waals surface area contributed by atoms with Crippen molar-refractivity contribution in [2.24, 2.45) is 11.3 Å². The molecule has 0 radical (unpaired) electrons. The molecule has 0 bridgehead atoms. The summed E-state index contributed by atoms with van der Waals surface area (Å²) in [6.07, 6.45) is 4.21. The highest BCUT2D eigenvalue weighted by Gasteiger charge is 2.54. The molecule has 5 heteroatoms. The third-order valence-electron chi connectivity index (χ3n) is 5.92. The van der Waals surface area contributed by atoms with E-state index in [1.807, 2.05) is 56.0 Å². The Bertz CT molecular complexity index is 645. The van der Waals surface area contributed by atoms with Crippen molar-refractivity contribution in [2.75, 3.05) is 18.8 Å². The zero-order valence-corrected chi connectivity index (χ0v) is 17.0. The van der Waals surface area contributed by atoms with Crippen LogP contribution in [0.15, 0.2) is 30.3 Å². The minimum atomic E-state index is -0.759. The van der Waals surface area contributed by atoms with Gasteiger partial charge in [-0.1, -0.05) is 30.3 Å². The van der Waals surface area contributed by atoms with E-state index in [4.69, 9.17) is 4.74 Å². The third kappa shape index (κ3) is 4.67. The monoisotopic (exact) mass is 377 g/mol. The number of likely N-dealkylation sites (tertiary alicyclic amines) is 1. The van der Waals surface area contributed by atoms with E-state index < -0.39 is 10.8 Å². The number of nitrogens with zero attached hydrogens (tertiary/aromatic N) is 1. The molecule has 4 nitrogen and oxygen atoms in total. The normalized spacial score (nSPS) is 22.9. The Hall–Kier alpha value is -1.36. The highest BCUT2D eigenvalue weighted by Crippen LogP contribution is 2.61. The Morgan fingerprint density at radius 1 is 1.23 bits per heavy atom. The van der Waals surface area contributed by atoms with E-state index in [1.165, 1.54) is 6.42 Å². The van der Waals surface area contributed by atoms with Crippen LogP contribution in [-0.2, 0) is 22.1 Å². The largest absolute Gasteiger partial charge is 0.445 e. The van der Waals surface area contributed by atoms with Gasteiger partial charge in [-0.25, -0.2) is 4.79 Å². The van der Waals surface area contributed by atoms with Gasteiger partial charge in [-0.2, -0.15) is 0 Å². The standard InChI is InChI=1S/C21H31NO3S/c1-20(2,3)26(24)14-9-18-15-21(18)10-12-22(13-11-21)19(23)25-16-17-7-5-4-6-8-17/h4-8,18H,9-16H2,1-3H3. The number of ether oxygens (including phenoxy) is 1. The number of hydrogen-bond donors (Lipinski definition) is 0. The maximum atomic E-state index is 12.3. The summed E-state index contributed by atoms with van der Waals surface area (Å²) in [7, 11) is -0.759. The number of rotatable bonds is 5. The van der Waals surface area contributed by atoms with Crippen molar-refractivity contribution in [1.29, 1.82) is 0 Å². The second kappa shape index (κ2) is 7.71. The van der Waals surface area contributed by atoms with Gasteiger partial charge in [0.05, 0.1) is 0 Å². The average Bonchev–Trinajstić information content (AvgIpc) is 3.30. The van der Waals surface area contributed by atoms with Crippen LogP contribution in [-0.4, -0.2) is 38.8 Å². The quantitative estimate of drug-likeness (QED) is 0.766. The molecule has 1 amide bonds. The highest BCUT2D eigenvalue weighted by molar-refractivity contribution is 7.86. The zero-order chi connectivity index (χ0) is 18.8. The van der Waals surface area contributed by atoms with Crippen LogP contribution in [0.4, 0.5) is 4.79 Å². The van der Waals surface area contributed by atoms with Gasteiger partial charge in [-0.15, -0.1) is 0 Å². The van der Waals surface area contributed by atoms with E-state index >= 15 is 0 Å². The summed E-state index contributed by atoms with van der Waals surface area (Å²) >= 11 is 0. The number of benzene rings is 1. The Kier molecular flexibility index (Phi) is 5.75. The molecule has 1 saturated heterocycles. The van der Waals surface area contributed by atoms with Gasteiger partial charge in [0.1, 0.15) is 6.61 Å². The van der Waals surface area contributed by atoms with Crippen LogP contribution >= 0.6 is 0 Å². The molecule has 1 heterocycles. The molecule has 1 aromatic rings. The zero-order valence-electron chi connectivity index (χ0n) is 16.2. The Morgan fingerprint density at radius 3 is 2.50 bits per heavy atom. The molecule has 1 aromatic carbocycles. The van der Waals surface area contributed by atoms with Crippen molar-refractivity contribution in [3.63, 3.8) is 0 Å². The van der Waals surface area contributed by atoms with Gasteiger partial charge in [0, 0.05) is 34.4 Å². The van der Waals surface area contributed by atoms with E-state index in [-0.39, 0.29) is 10.8 Å². The molecule has 2 atom stereocenters. The van der Waals surface area contributed by atoms with E-state index in [0.717, 1.165) is 43.7 Å². The van der Waals surface area contributed by atoms with Crippen LogP contribution < -0.4 is 0 Å². The molecule has 2 aliphatic rings. The van der Waals surface area contributed by atoms with Crippen molar-refractivity contribution in [2.45, 2.75) is 57.8 Å². The summed E-state index contributed by atoms with van der Waals surface area (Å²) in [5, 5.41) is 0. The topological polar surface area (TPSA) is 46.6 Å². The molecule has 144 valence electrons. The van der Waals surface area contributed by atoms with E-state index in [1.54, 1.807) is 0 Å². The minimum absolute atomic E-state index is 0.117. The first-order chi connectivity index (χ1) is 12.3. The predicted octanol–water partition coefficient (Wildman–Crippen LogP) is 4.36. The van der Waals surface area contributed by atoms with Crippen molar-refractivity contribution >= 4 is 16.9 Å². The van der Waals surface area contributed by atoms with Gasteiger partial charge in [0.25, 0.3) is 0 Å². The molecule has 1 aliphatic heterocycles. The Morgan fingerprint density at radius 2 is 1.88 bits per heavy atom. The van der Waals surface area contributed by atoms with E-state index in [0.29, 0.717) is 17.9 Å². The Labute approximate surface area is 159 Å². The summed E-state index contributed by atoms with van der Waals surface area (Å²) < 4.78 is 17.6. The van der Waals surface area contributed by atoms with Crippen molar-refractivity contribution < 1.29 is 13.7 Å². The number of amides is 1. The molecule has 3 rings (SSSR count). The fourth-order valence-electron chi connectivity index (χ4n) is 3.95. The summed E-state index contributed by atoms with van der Waals surface area (Å²) in [4.78, 5) is 14.1. The summed E-state index contributed by atoms with van der Waals surface area (Å²) in [5.74, 6) is 1.50. The van der Waals surface area contributed by atoms with Crippen LogP contribution in [0.5, 0.6) is 0 Å². The van der Waals surface area contributed by atoms with E-state index in [9.17, 15) is 9.00 Å². The van der Waals surface area contributed by atoms with E-state index in [2.05, 4.69) is 0 Å². The van der Waals surface area contributed by atoms with Crippen LogP contribution in [0.3, 0.4) is 0 Å². The molecule has 26 heavy (non-hydrogen) atoms. The Balaban J connectivity index is 1.39. The number of hydrogen-bond acceptors (Lipinski definition) is 3. The predicted molar refractivity (Wildman–Crippen MR) is 105 cm³/mol. The highest BCUT2D eigenvalue weighted by atomic mass is 32.2. The molecule has 1 saturated carbocycles. The van der Waals surface area contributed by atoms with Gasteiger partial charge in [0.15, 0.2) is 0 Å². The van der Waals surface area contributed by atoms with Gasteiger partial charge in [-0.3, -0.25) is 4.21 Å². The van der Waals surface area contributed by atoms with Crippen LogP contribution in [0.1, 0.15) is 52.0 Å². The minimum Gasteiger partial charge on any atom is -0.445 e. The molecule has 0 N–H and O–H groups in total. The first-order valence-electron chi connectivity index (χ1n) is 9.64. The molecular weight excluding hydrogens is 346 g/mol. The summed E-state index contributed by atoms with van der Waals surface area (Å²) in [5.41, 5.74) is 1.42. The summed E-state index contributed by atoms with van der Waals surface area (Å²) in [6.45, 7) is 8.05. The first-order valence-corrected chi connectivity index (χ1v) is 11.0. The third-order valence-corrected chi connectivity index (χ3v) is 7.89. The first kappa shape index (κ1) is 19.4. The number of carbonyl (C=O) groups is 1. The van der Waals surface area contributed by atoms with Crippen molar-refractivity contribution in [1.82, 2.24) is 4.90 Å². The average molecular weight is 378 g/mol. The van der Waals surface area contributed by atoms with Gasteiger partial charge in [-0.05, 0) is 63.4 Å². The van der Waals surface area contributed by atoms with Gasteiger partial charge < -0.3 is 9.64 Å². The molecule has 1 spiro atoms. The maximum Gasteiger partial charge on any atom is 0.410 e. The second-order valence-electron chi connectivity index (χ2n) is 8.74. The SMILES string of the molecule is CC(C)(C)S(=O)CCC1CC12CCN(C(=O)OCc1ccccc1)CC2. The van der Waals surface area contributed by atoms with Crippen LogP contribution in [0, 0.1) is 11.3 Å². The lowest BCUT2D eigenvalue weighted by Gasteiger charge is -2.32. The molecule has 2 fully saturated rings. The number of piperidine rings is 1. The lowest BCUT2D eigenvalue weighted by atomic mass is 9.90. The maximum absolute atomic E-state index is 12.3. The fraction of sp³-hybridized carbons (Fsp3) is 0.667. The molecule has 2 unspecified atom stereocenters. The van der Waals surface area contributed by atoms with Crippen molar-refractivity contribution in [3.05, 3.63) is 35.9 Å². The van der Waals surface area contributed by atoms with Crippen LogP contribution in [0.2, 0.25) is 0 Å². The lowest BCUT2D eigenvalue weighted by molar-refractivity contribution is 0.0778. The molecular formula is C21H31NO3S. The molecule has 1 aliphatic carbocycles. The molecule has 0 aromatic heterocycles. The lowest BCUT2D eigenvalue weighted by Crippen LogP contribution is -2.40. The van der Waals surface area contributed by atoms with Crippen LogP contribution in [0.25, 0.3) is 0 Å². The smallest absolute Gasteiger partial charge is 0.410 e. The van der Waals surface area contributed by atoms with Gasteiger partial charge >= 0.3 is 6.09 Å². The number of carbonyl (C=O) groups excluding carboxylic acids is 1. The van der Waals surface area contributed by atoms with Crippen molar-refractivity contribution in [3.8, 4) is 0 Å². The second-order valence-corrected chi connectivity index (χ2v) is 11.1. The fourth-order valence-corrected chi connectivity index (χ4v) is 5.06. The van der Waals surface area contributed by atoms with Gasteiger partial charge in [0.2, 0.25) is 0 Å².